The second-order valence-corrected chi connectivity index (χ2v) is 4.13. The van der Waals surface area contributed by atoms with E-state index in [9.17, 15) is 22.4 Å². The number of carbonyl (C=O) groups excluding carboxylic acids is 1. The quantitative estimate of drug-likeness (QED) is 0.231. The molecule has 0 aliphatic heterocycles. The normalized spacial score (nSPS) is 10.1. The molecule has 0 aliphatic carbocycles. The summed E-state index contributed by atoms with van der Waals surface area (Å²) < 4.78 is 69.9. The molecule has 4 nitrogen and oxygen atoms in total. The summed E-state index contributed by atoms with van der Waals surface area (Å²) in [4.78, 5) is 11.4. The molecule has 0 aliphatic rings. The fourth-order valence-electron chi connectivity index (χ4n) is 1.37. The van der Waals surface area contributed by atoms with Crippen molar-refractivity contribution in [2.75, 3.05) is 6.61 Å². The molecule has 23 heavy (non-hydrogen) atoms. The van der Waals surface area contributed by atoms with E-state index >= 15 is 0 Å². The molecule has 0 N–H and O–H groups in total. The molecule has 1 aromatic carbocycles. The molecule has 0 saturated heterocycles. The molecular formula is C13H13F4NaO4S. The molecule has 0 radical (unpaired) electrons. The van der Waals surface area contributed by atoms with Crippen molar-refractivity contribution >= 4 is 17.5 Å². The summed E-state index contributed by atoms with van der Waals surface area (Å²) in [6.07, 6.45) is -3.86. The Bertz CT molecular complexity index is 482. The summed E-state index contributed by atoms with van der Waals surface area (Å²) in [6, 6.07) is 8.18. The summed E-state index contributed by atoms with van der Waals surface area (Å²) in [5.74, 6) is -4.61. The van der Waals surface area contributed by atoms with Crippen molar-refractivity contribution in [1.29, 1.82) is 0 Å². The Hall–Kier alpha value is -0.770. The average molecular weight is 364 g/mol. The van der Waals surface area contributed by atoms with Crippen molar-refractivity contribution < 1.29 is 65.1 Å². The minimum Gasteiger partial charge on any atom is -0.462 e. The number of hydrogen-bond donors (Lipinski definition) is 0. The number of halogens is 4. The minimum atomic E-state index is -4.05. The van der Waals surface area contributed by atoms with E-state index in [4.69, 9.17) is 13.2 Å². The Balaban J connectivity index is 0. The van der Waals surface area contributed by atoms with Gasteiger partial charge in [0.15, 0.2) is 5.92 Å². The standard InChI is InChI=1S/C13H13F4O2.Na.O2S/c14-12(15)13(16,17)8-4-5-9-19-11(18)10-6-2-1-3-7-10;;1-3-2/h1-3,6-7H,4-5,8-9H2;;/q-1;+1;. The summed E-state index contributed by atoms with van der Waals surface area (Å²) >= 11 is -0.750. The van der Waals surface area contributed by atoms with E-state index in [1.54, 1.807) is 30.3 Å². The van der Waals surface area contributed by atoms with Gasteiger partial charge in [-0.3, -0.25) is 0 Å². The second-order valence-electron chi connectivity index (χ2n) is 3.99. The van der Waals surface area contributed by atoms with Gasteiger partial charge in [0.1, 0.15) is 0 Å². The van der Waals surface area contributed by atoms with E-state index in [0.717, 1.165) is 0 Å². The molecule has 1 rings (SSSR count). The zero-order valence-electron chi connectivity index (χ0n) is 12.3. The van der Waals surface area contributed by atoms with Gasteiger partial charge < -0.3 is 13.5 Å². The van der Waals surface area contributed by atoms with Crippen LogP contribution >= 0.6 is 0 Å². The largest absolute Gasteiger partial charge is 1.00 e. The van der Waals surface area contributed by atoms with Gasteiger partial charge in [0, 0.05) is 0 Å². The van der Waals surface area contributed by atoms with Crippen LogP contribution in [-0.2, 0) is 16.3 Å². The van der Waals surface area contributed by atoms with E-state index in [2.05, 4.69) is 0 Å². The van der Waals surface area contributed by atoms with Crippen molar-refractivity contribution in [3.63, 3.8) is 0 Å². The van der Waals surface area contributed by atoms with E-state index in [-0.39, 0.29) is 49.0 Å². The second kappa shape index (κ2) is 13.6. The Morgan fingerprint density at radius 1 is 1.13 bits per heavy atom. The molecule has 0 spiro atoms. The number of benzene rings is 1. The number of unbranched alkanes of at least 4 members (excludes halogenated alkanes) is 1. The van der Waals surface area contributed by atoms with Gasteiger partial charge in [-0.1, -0.05) is 18.2 Å². The fraction of sp³-hybridized carbons (Fsp3) is 0.385. The van der Waals surface area contributed by atoms with Crippen molar-refractivity contribution in [3.8, 4) is 0 Å². The first-order valence-corrected chi connectivity index (χ1v) is 6.72. The number of hydrogen-bond acceptors (Lipinski definition) is 4. The van der Waals surface area contributed by atoms with Gasteiger partial charge in [-0.15, -0.1) is 0 Å². The summed E-state index contributed by atoms with van der Waals surface area (Å²) in [5.41, 5.74) is 0.357. The molecule has 0 aromatic heterocycles. The molecule has 0 fully saturated rings. The van der Waals surface area contributed by atoms with E-state index in [1.165, 1.54) is 0 Å². The van der Waals surface area contributed by atoms with Crippen LogP contribution in [0, 0.1) is 6.43 Å². The maximum Gasteiger partial charge on any atom is 1.00 e. The SMILES string of the molecule is O=C(OCCCCC(F)(F)[C-](F)F)c1ccccc1.O=S=O.[Na+]. The first-order chi connectivity index (χ1) is 10.3. The zero-order chi connectivity index (χ0) is 17.0. The Morgan fingerprint density at radius 2 is 1.65 bits per heavy atom. The topological polar surface area (TPSA) is 60.4 Å². The Kier molecular flexibility index (Phi) is 14.5. The number of carbonyl (C=O) groups is 1. The van der Waals surface area contributed by atoms with Gasteiger partial charge in [-0.2, -0.15) is 8.42 Å². The number of alkyl halides is 2. The third kappa shape index (κ3) is 11.4. The monoisotopic (exact) mass is 364 g/mol. The van der Waals surface area contributed by atoms with Crippen LogP contribution < -0.4 is 29.6 Å². The van der Waals surface area contributed by atoms with Gasteiger partial charge in [0.2, 0.25) is 0 Å². The van der Waals surface area contributed by atoms with Crippen LogP contribution in [0.4, 0.5) is 17.6 Å². The maximum absolute atomic E-state index is 12.5. The van der Waals surface area contributed by atoms with Gasteiger partial charge in [-0.05, 0) is 31.4 Å². The molecule has 0 atom stereocenters. The van der Waals surface area contributed by atoms with Crippen LogP contribution in [0.25, 0.3) is 0 Å². The van der Waals surface area contributed by atoms with Gasteiger partial charge in [-0.25, -0.2) is 13.6 Å². The molecule has 10 heteroatoms. The first kappa shape index (κ1) is 24.5. The minimum absolute atomic E-state index is 0. The predicted molar refractivity (Wildman–Crippen MR) is 69.9 cm³/mol. The van der Waals surface area contributed by atoms with Crippen molar-refractivity contribution in [2.24, 2.45) is 0 Å². The van der Waals surface area contributed by atoms with E-state index < -0.39 is 36.3 Å². The Morgan fingerprint density at radius 3 is 2.13 bits per heavy atom. The predicted octanol–water partition coefficient (Wildman–Crippen LogP) is 0.411. The van der Waals surface area contributed by atoms with Crippen molar-refractivity contribution in [1.82, 2.24) is 0 Å². The first-order valence-electron chi connectivity index (χ1n) is 6.05. The molecule has 0 unspecified atom stereocenters. The van der Waals surface area contributed by atoms with Gasteiger partial charge in [0.25, 0.3) is 0 Å². The number of ether oxygens (including phenoxy) is 1. The molecule has 0 amide bonds. The molecule has 0 saturated carbocycles. The molecular weight excluding hydrogens is 351 g/mol. The summed E-state index contributed by atoms with van der Waals surface area (Å²) in [5, 5.41) is 0. The van der Waals surface area contributed by atoms with Crippen molar-refractivity contribution in [2.45, 2.75) is 25.2 Å². The number of rotatable bonds is 7. The third-order valence-corrected chi connectivity index (χ3v) is 2.40. The van der Waals surface area contributed by atoms with Crippen molar-refractivity contribution in [3.05, 3.63) is 42.3 Å². The molecule has 0 heterocycles. The molecule has 0 bridgehead atoms. The van der Waals surface area contributed by atoms with E-state index in [1.807, 2.05) is 0 Å². The molecule has 1 aromatic rings. The van der Waals surface area contributed by atoms with Crippen LogP contribution in [0.1, 0.15) is 29.6 Å². The van der Waals surface area contributed by atoms with Crippen LogP contribution in [0.5, 0.6) is 0 Å². The fourth-order valence-corrected chi connectivity index (χ4v) is 1.37. The van der Waals surface area contributed by atoms with Crippen LogP contribution in [0.2, 0.25) is 0 Å². The zero-order valence-corrected chi connectivity index (χ0v) is 15.1. The Labute approximate surface area is 156 Å². The number of esters is 1. The smallest absolute Gasteiger partial charge is 0.462 e. The average Bonchev–Trinajstić information content (AvgIpc) is 2.48. The van der Waals surface area contributed by atoms with E-state index in [0.29, 0.717) is 5.56 Å². The summed E-state index contributed by atoms with van der Waals surface area (Å²) in [6.45, 7) is -0.0717. The summed E-state index contributed by atoms with van der Waals surface area (Å²) in [7, 11) is 0. The van der Waals surface area contributed by atoms with Crippen LogP contribution in [-0.4, -0.2) is 26.9 Å². The van der Waals surface area contributed by atoms with Gasteiger partial charge in [0.05, 0.1) is 18.6 Å². The van der Waals surface area contributed by atoms with Crippen LogP contribution in [0.15, 0.2) is 30.3 Å². The van der Waals surface area contributed by atoms with Gasteiger partial charge >= 0.3 is 47.1 Å². The third-order valence-electron chi connectivity index (χ3n) is 2.40. The van der Waals surface area contributed by atoms with Crippen LogP contribution in [0.3, 0.4) is 0 Å². The molecule has 124 valence electrons. The maximum atomic E-state index is 12.5.